The van der Waals surface area contributed by atoms with Gasteiger partial charge in [0.05, 0.1) is 6.42 Å². The highest BCUT2D eigenvalue weighted by Crippen LogP contribution is 2.08. The fourth-order valence-electron chi connectivity index (χ4n) is 0.654. The maximum atomic E-state index is 11.0. The Kier molecular flexibility index (Phi) is 16.4. The molecule has 0 unspecified atom stereocenters. The molecule has 0 aliphatic rings. The molecule has 0 rings (SSSR count). The maximum absolute atomic E-state index is 11.0. The highest BCUT2D eigenvalue weighted by atomic mass is 32.1. The third-order valence-electron chi connectivity index (χ3n) is 0.987. The van der Waals surface area contributed by atoms with Crippen LogP contribution in [0, 0.1) is 0 Å². The second kappa shape index (κ2) is 13.1. The second-order valence-electron chi connectivity index (χ2n) is 3.60. The van der Waals surface area contributed by atoms with E-state index in [0.29, 0.717) is 0 Å². The van der Waals surface area contributed by atoms with E-state index in [9.17, 15) is 9.59 Å². The summed E-state index contributed by atoms with van der Waals surface area (Å²) in [7, 11) is 0. The Balaban J connectivity index is -0.000000439. The zero-order valence-electron chi connectivity index (χ0n) is 11.6. The summed E-state index contributed by atoms with van der Waals surface area (Å²) in [6.07, 6.45) is 4.29. The van der Waals surface area contributed by atoms with Crippen LogP contribution < -0.4 is 5.73 Å². The number of nitrogens with two attached hydrogens (primary N) is 1. The number of hydrogen-bond acceptors (Lipinski definition) is 4. The highest BCUT2D eigenvalue weighted by molar-refractivity contribution is 7.79. The first kappa shape index (κ1) is 21.3. The molecule has 5 heteroatoms. The second-order valence-corrected chi connectivity index (χ2v) is 3.60. The summed E-state index contributed by atoms with van der Waals surface area (Å²) in [5, 5.41) is 0. The minimum absolute atomic E-state index is 0.0697. The van der Waals surface area contributed by atoms with Gasteiger partial charge in [-0.1, -0.05) is 19.9 Å². The van der Waals surface area contributed by atoms with Crippen molar-refractivity contribution >= 4 is 24.5 Å². The van der Waals surface area contributed by atoms with Gasteiger partial charge in [0.15, 0.2) is 0 Å². The summed E-state index contributed by atoms with van der Waals surface area (Å²) in [4.78, 5) is 21.3. The van der Waals surface area contributed by atoms with Gasteiger partial charge in [-0.2, -0.15) is 12.6 Å². The van der Waals surface area contributed by atoms with E-state index >= 15 is 0 Å². The summed E-state index contributed by atoms with van der Waals surface area (Å²) in [6, 6.07) is 0. The molecular weight excluding hydrogens is 238 g/mol. The lowest BCUT2D eigenvalue weighted by atomic mass is 10.2. The van der Waals surface area contributed by atoms with E-state index in [4.69, 9.17) is 10.5 Å². The van der Waals surface area contributed by atoms with Crippen LogP contribution in [0.1, 0.15) is 41.0 Å². The van der Waals surface area contributed by atoms with Gasteiger partial charge >= 0.3 is 5.97 Å². The van der Waals surface area contributed by atoms with Crippen LogP contribution in [0.25, 0.3) is 0 Å². The largest absolute Gasteiger partial charge is 0.460 e. The van der Waals surface area contributed by atoms with Crippen molar-refractivity contribution in [1.29, 1.82) is 0 Å². The lowest BCUT2D eigenvalue weighted by Gasteiger charge is -2.18. The fourth-order valence-corrected chi connectivity index (χ4v) is 0.654. The molecule has 1 amide bonds. The number of rotatable bonds is 3. The molecule has 0 saturated carbocycles. The standard InChI is InChI=1S/C9H15NO3.C2H6.CH4S/c1-9(2,3)13-8(12)6-4-5-7(10)11;2*1-2/h4-5H,6H2,1-3H3,(H2,10,11);1-2H3;2H,1H3/b5-4-;;. The molecule has 0 saturated heterocycles. The summed E-state index contributed by atoms with van der Waals surface area (Å²) in [5.74, 6) is -0.937. The minimum Gasteiger partial charge on any atom is -0.460 e. The normalized spacial score (nSPS) is 9.59. The third kappa shape index (κ3) is 25.4. The predicted octanol–water partition coefficient (Wildman–Crippen LogP) is 2.33. The predicted molar refractivity (Wildman–Crippen MR) is 75.1 cm³/mol. The van der Waals surface area contributed by atoms with Gasteiger partial charge in [-0.3, -0.25) is 9.59 Å². The molecule has 0 radical (unpaired) electrons. The van der Waals surface area contributed by atoms with Gasteiger partial charge in [0, 0.05) is 0 Å². The summed E-state index contributed by atoms with van der Waals surface area (Å²) >= 11 is 3.53. The van der Waals surface area contributed by atoms with Gasteiger partial charge in [-0.15, -0.1) is 0 Å². The number of thiol groups is 1. The van der Waals surface area contributed by atoms with Crippen molar-refractivity contribution in [3.8, 4) is 0 Å². The van der Waals surface area contributed by atoms with Crippen molar-refractivity contribution in [3.63, 3.8) is 0 Å². The first-order valence-corrected chi connectivity index (χ1v) is 6.33. The molecule has 0 aliphatic carbocycles. The lowest BCUT2D eigenvalue weighted by Crippen LogP contribution is -2.23. The van der Waals surface area contributed by atoms with E-state index in [-0.39, 0.29) is 12.4 Å². The van der Waals surface area contributed by atoms with Gasteiger partial charge in [-0.25, -0.2) is 0 Å². The Morgan fingerprint density at radius 3 is 1.94 bits per heavy atom. The van der Waals surface area contributed by atoms with Crippen molar-refractivity contribution in [2.24, 2.45) is 5.73 Å². The smallest absolute Gasteiger partial charge is 0.310 e. The Hall–Kier alpha value is -0.970. The van der Waals surface area contributed by atoms with Crippen LogP contribution in [0.2, 0.25) is 0 Å². The molecule has 0 atom stereocenters. The molecule has 102 valence electrons. The molecule has 0 bridgehead atoms. The lowest BCUT2D eigenvalue weighted by molar-refractivity contribution is -0.153. The zero-order valence-corrected chi connectivity index (χ0v) is 12.5. The van der Waals surface area contributed by atoms with E-state index in [2.05, 4.69) is 12.6 Å². The number of primary amides is 1. The Labute approximate surface area is 110 Å². The number of hydrogen-bond donors (Lipinski definition) is 2. The van der Waals surface area contributed by atoms with Crippen molar-refractivity contribution < 1.29 is 14.3 Å². The molecule has 0 fully saturated rings. The summed E-state index contributed by atoms with van der Waals surface area (Å²) in [5.41, 5.74) is 4.34. The molecule has 0 aromatic heterocycles. The van der Waals surface area contributed by atoms with Gasteiger partial charge in [-0.05, 0) is 33.1 Å². The van der Waals surface area contributed by atoms with Crippen LogP contribution >= 0.6 is 12.6 Å². The van der Waals surface area contributed by atoms with Crippen LogP contribution in [0.15, 0.2) is 12.2 Å². The molecule has 0 spiro atoms. The molecular formula is C12H25NO3S. The number of carbonyl (C=O) groups excluding carboxylic acids is 2. The van der Waals surface area contributed by atoms with Gasteiger partial charge < -0.3 is 10.5 Å². The van der Waals surface area contributed by atoms with Crippen LogP contribution in [0.3, 0.4) is 0 Å². The van der Waals surface area contributed by atoms with Crippen LogP contribution in [-0.2, 0) is 14.3 Å². The zero-order chi connectivity index (χ0) is 14.5. The first-order valence-electron chi connectivity index (χ1n) is 5.44. The molecule has 0 aliphatic heterocycles. The van der Waals surface area contributed by atoms with Crippen molar-refractivity contribution in [2.75, 3.05) is 6.26 Å². The molecule has 2 N–H and O–H groups in total. The van der Waals surface area contributed by atoms with Gasteiger partial charge in [0.2, 0.25) is 5.91 Å². The molecule has 17 heavy (non-hydrogen) atoms. The average molecular weight is 263 g/mol. The minimum atomic E-state index is -0.566. The van der Waals surface area contributed by atoms with Gasteiger partial charge in [0.1, 0.15) is 5.60 Å². The topological polar surface area (TPSA) is 69.4 Å². The van der Waals surface area contributed by atoms with E-state index in [1.807, 2.05) is 13.8 Å². The third-order valence-corrected chi connectivity index (χ3v) is 0.987. The molecule has 0 heterocycles. The van der Waals surface area contributed by atoms with E-state index in [1.165, 1.54) is 6.08 Å². The number of esters is 1. The average Bonchev–Trinajstić information content (AvgIpc) is 2.20. The van der Waals surface area contributed by atoms with Gasteiger partial charge in [0.25, 0.3) is 0 Å². The van der Waals surface area contributed by atoms with Crippen LogP contribution in [-0.4, -0.2) is 23.7 Å². The monoisotopic (exact) mass is 263 g/mol. The van der Waals surface area contributed by atoms with Crippen LogP contribution in [0.4, 0.5) is 0 Å². The molecule has 4 nitrogen and oxygen atoms in total. The van der Waals surface area contributed by atoms with E-state index in [1.54, 1.807) is 27.0 Å². The Bertz CT molecular complexity index is 232. The van der Waals surface area contributed by atoms with Crippen LogP contribution in [0.5, 0.6) is 0 Å². The van der Waals surface area contributed by atoms with E-state index in [0.717, 1.165) is 6.08 Å². The number of amides is 1. The Morgan fingerprint density at radius 1 is 1.24 bits per heavy atom. The first-order chi connectivity index (χ1) is 7.81. The highest BCUT2D eigenvalue weighted by Gasteiger charge is 2.14. The van der Waals surface area contributed by atoms with E-state index < -0.39 is 11.5 Å². The fraction of sp³-hybridized carbons (Fsp3) is 0.667. The summed E-state index contributed by atoms with van der Waals surface area (Å²) in [6.45, 7) is 9.34. The number of carbonyl (C=O) groups is 2. The maximum Gasteiger partial charge on any atom is 0.310 e. The SMILES string of the molecule is CC.CC(C)(C)OC(=O)C/C=C\C(N)=O.CS. The summed E-state index contributed by atoms with van der Waals surface area (Å²) < 4.78 is 4.98. The van der Waals surface area contributed by atoms with Crippen molar-refractivity contribution in [2.45, 2.75) is 46.6 Å². The Morgan fingerprint density at radius 2 is 1.65 bits per heavy atom. The molecule has 0 aromatic rings. The molecule has 0 aromatic carbocycles. The quantitative estimate of drug-likeness (QED) is 0.466. The van der Waals surface area contributed by atoms with Crippen molar-refractivity contribution in [1.82, 2.24) is 0 Å². The number of ether oxygens (including phenoxy) is 1. The van der Waals surface area contributed by atoms with Crippen molar-refractivity contribution in [3.05, 3.63) is 12.2 Å².